The van der Waals surface area contributed by atoms with E-state index in [1.54, 1.807) is 0 Å². The minimum absolute atomic E-state index is 0.813. The SMILES string of the molecule is CCCn1c(-c2ccc(N)c(C)c2)nc2cnccc21. The number of nitrogen functional groups attached to an aromatic ring is 1. The number of aromatic nitrogens is 3. The molecular weight excluding hydrogens is 248 g/mol. The minimum atomic E-state index is 0.813. The fourth-order valence-electron chi connectivity index (χ4n) is 2.47. The minimum Gasteiger partial charge on any atom is -0.399 e. The first-order chi connectivity index (χ1) is 9.70. The highest BCUT2D eigenvalue weighted by Gasteiger charge is 2.12. The second-order valence-electron chi connectivity index (χ2n) is 5.02. The van der Waals surface area contributed by atoms with Gasteiger partial charge in [-0.15, -0.1) is 0 Å². The van der Waals surface area contributed by atoms with E-state index in [1.807, 2.05) is 37.5 Å². The second-order valence-corrected chi connectivity index (χ2v) is 5.02. The van der Waals surface area contributed by atoms with Crippen molar-refractivity contribution in [2.75, 3.05) is 5.73 Å². The van der Waals surface area contributed by atoms with Crippen LogP contribution in [0, 0.1) is 6.92 Å². The molecule has 4 nitrogen and oxygen atoms in total. The van der Waals surface area contributed by atoms with Gasteiger partial charge in [0.2, 0.25) is 0 Å². The Kier molecular flexibility index (Phi) is 3.14. The van der Waals surface area contributed by atoms with E-state index in [9.17, 15) is 0 Å². The number of anilines is 1. The van der Waals surface area contributed by atoms with E-state index in [-0.39, 0.29) is 0 Å². The van der Waals surface area contributed by atoms with Gasteiger partial charge in [-0.3, -0.25) is 4.98 Å². The van der Waals surface area contributed by atoms with E-state index in [1.165, 1.54) is 0 Å². The Balaban J connectivity index is 2.23. The lowest BCUT2D eigenvalue weighted by molar-refractivity contribution is 0.704. The zero-order chi connectivity index (χ0) is 14.1. The molecule has 0 aliphatic carbocycles. The predicted octanol–water partition coefficient (Wildman–Crippen LogP) is 3.40. The third-order valence-corrected chi connectivity index (χ3v) is 3.53. The standard InChI is InChI=1S/C16H18N4/c1-3-8-20-15-6-7-18-10-14(15)19-16(20)12-4-5-13(17)11(2)9-12/h4-7,9-10H,3,8,17H2,1-2H3. The lowest BCUT2D eigenvalue weighted by atomic mass is 10.1. The van der Waals surface area contributed by atoms with Crippen LogP contribution >= 0.6 is 0 Å². The van der Waals surface area contributed by atoms with E-state index < -0.39 is 0 Å². The maximum atomic E-state index is 5.90. The van der Waals surface area contributed by atoms with Crippen LogP contribution in [0.1, 0.15) is 18.9 Å². The first-order valence-corrected chi connectivity index (χ1v) is 6.87. The molecule has 2 heterocycles. The Labute approximate surface area is 118 Å². The summed E-state index contributed by atoms with van der Waals surface area (Å²) >= 11 is 0. The van der Waals surface area contributed by atoms with Crippen molar-refractivity contribution in [3.8, 4) is 11.4 Å². The molecule has 0 atom stereocenters. The van der Waals surface area contributed by atoms with Gasteiger partial charge >= 0.3 is 0 Å². The largest absolute Gasteiger partial charge is 0.399 e. The number of nitrogens with two attached hydrogens (primary N) is 1. The number of pyridine rings is 1. The van der Waals surface area contributed by atoms with Crippen molar-refractivity contribution in [3.63, 3.8) is 0 Å². The molecule has 0 saturated heterocycles. The first kappa shape index (κ1) is 12.7. The molecule has 0 radical (unpaired) electrons. The Morgan fingerprint density at radius 2 is 2.10 bits per heavy atom. The number of rotatable bonds is 3. The fourth-order valence-corrected chi connectivity index (χ4v) is 2.47. The number of nitrogens with zero attached hydrogens (tertiary/aromatic N) is 3. The summed E-state index contributed by atoms with van der Waals surface area (Å²) in [6, 6.07) is 8.09. The molecule has 0 amide bonds. The average molecular weight is 266 g/mol. The van der Waals surface area contributed by atoms with Gasteiger partial charge < -0.3 is 10.3 Å². The summed E-state index contributed by atoms with van der Waals surface area (Å²) < 4.78 is 2.25. The van der Waals surface area contributed by atoms with E-state index >= 15 is 0 Å². The van der Waals surface area contributed by atoms with Crippen molar-refractivity contribution < 1.29 is 0 Å². The van der Waals surface area contributed by atoms with Crippen LogP contribution < -0.4 is 5.73 Å². The van der Waals surface area contributed by atoms with Crippen molar-refractivity contribution in [1.82, 2.24) is 14.5 Å². The molecule has 20 heavy (non-hydrogen) atoms. The van der Waals surface area contributed by atoms with Gasteiger partial charge in [-0.05, 0) is 43.2 Å². The topological polar surface area (TPSA) is 56.7 Å². The molecule has 0 bridgehead atoms. The number of hydrogen-bond donors (Lipinski definition) is 1. The molecule has 0 aliphatic heterocycles. The molecule has 4 heteroatoms. The molecule has 3 rings (SSSR count). The van der Waals surface area contributed by atoms with Crippen LogP contribution in [0.3, 0.4) is 0 Å². The average Bonchev–Trinajstić information content (AvgIpc) is 2.82. The van der Waals surface area contributed by atoms with Crippen LogP contribution in [0.25, 0.3) is 22.4 Å². The highest BCUT2D eigenvalue weighted by Crippen LogP contribution is 2.26. The third kappa shape index (κ3) is 2.03. The van der Waals surface area contributed by atoms with Crippen molar-refractivity contribution in [2.24, 2.45) is 0 Å². The highest BCUT2D eigenvalue weighted by atomic mass is 15.1. The van der Waals surface area contributed by atoms with Gasteiger partial charge in [0.25, 0.3) is 0 Å². The summed E-state index contributed by atoms with van der Waals surface area (Å²) in [5.74, 6) is 0.984. The van der Waals surface area contributed by atoms with Crippen molar-refractivity contribution >= 4 is 16.7 Å². The van der Waals surface area contributed by atoms with Crippen LogP contribution in [0.15, 0.2) is 36.7 Å². The molecule has 0 saturated carbocycles. The quantitative estimate of drug-likeness (QED) is 0.739. The smallest absolute Gasteiger partial charge is 0.141 e. The van der Waals surface area contributed by atoms with E-state index in [0.29, 0.717) is 0 Å². The molecule has 2 N–H and O–H groups in total. The zero-order valence-corrected chi connectivity index (χ0v) is 11.8. The Morgan fingerprint density at radius 3 is 2.85 bits per heavy atom. The zero-order valence-electron chi connectivity index (χ0n) is 11.8. The van der Waals surface area contributed by atoms with Gasteiger partial charge in [0.1, 0.15) is 11.3 Å². The molecule has 0 fully saturated rings. The summed E-state index contributed by atoms with van der Waals surface area (Å²) in [6.07, 6.45) is 4.69. The number of benzene rings is 1. The summed E-state index contributed by atoms with van der Waals surface area (Å²) in [5.41, 5.74) is 11.0. The maximum absolute atomic E-state index is 5.90. The van der Waals surface area contributed by atoms with E-state index in [4.69, 9.17) is 10.7 Å². The van der Waals surface area contributed by atoms with E-state index in [2.05, 4.69) is 22.5 Å². The van der Waals surface area contributed by atoms with Crippen molar-refractivity contribution in [1.29, 1.82) is 0 Å². The Hall–Kier alpha value is -2.36. The monoisotopic (exact) mass is 266 g/mol. The number of fused-ring (bicyclic) bond motifs is 1. The highest BCUT2D eigenvalue weighted by molar-refractivity contribution is 5.80. The molecule has 102 valence electrons. The third-order valence-electron chi connectivity index (χ3n) is 3.53. The molecule has 1 aromatic carbocycles. The molecule has 0 aliphatic rings. The van der Waals surface area contributed by atoms with E-state index in [0.717, 1.165) is 46.6 Å². The number of imidazole rings is 1. The molecule has 2 aromatic heterocycles. The number of hydrogen-bond acceptors (Lipinski definition) is 3. The van der Waals surface area contributed by atoms with Crippen LogP contribution in [0.5, 0.6) is 0 Å². The normalized spacial score (nSPS) is 11.1. The van der Waals surface area contributed by atoms with Gasteiger partial charge in [0, 0.05) is 24.0 Å². The Bertz CT molecular complexity index is 758. The summed E-state index contributed by atoms with van der Waals surface area (Å²) in [5, 5.41) is 0. The van der Waals surface area contributed by atoms with Crippen LogP contribution in [0.4, 0.5) is 5.69 Å². The second kappa shape index (κ2) is 4.96. The van der Waals surface area contributed by atoms with Gasteiger partial charge in [-0.25, -0.2) is 4.98 Å². The van der Waals surface area contributed by atoms with Crippen molar-refractivity contribution in [3.05, 3.63) is 42.2 Å². The summed E-state index contributed by atoms with van der Waals surface area (Å²) in [7, 11) is 0. The van der Waals surface area contributed by atoms with Crippen LogP contribution in [0.2, 0.25) is 0 Å². The lowest BCUT2D eigenvalue weighted by Gasteiger charge is -2.09. The van der Waals surface area contributed by atoms with Gasteiger partial charge in [-0.2, -0.15) is 0 Å². The molecule has 3 aromatic rings. The maximum Gasteiger partial charge on any atom is 0.141 e. The van der Waals surface area contributed by atoms with Crippen LogP contribution in [-0.2, 0) is 6.54 Å². The fraction of sp³-hybridized carbons (Fsp3) is 0.250. The van der Waals surface area contributed by atoms with Crippen LogP contribution in [-0.4, -0.2) is 14.5 Å². The lowest BCUT2D eigenvalue weighted by Crippen LogP contribution is -2.00. The summed E-state index contributed by atoms with van der Waals surface area (Å²) in [6.45, 7) is 5.14. The van der Waals surface area contributed by atoms with Gasteiger partial charge in [0.05, 0.1) is 11.7 Å². The predicted molar refractivity (Wildman–Crippen MR) is 82.4 cm³/mol. The summed E-state index contributed by atoms with van der Waals surface area (Å²) in [4.78, 5) is 8.89. The molecule has 0 spiro atoms. The first-order valence-electron chi connectivity index (χ1n) is 6.87. The Morgan fingerprint density at radius 1 is 1.25 bits per heavy atom. The van der Waals surface area contributed by atoms with Gasteiger partial charge in [-0.1, -0.05) is 6.92 Å². The van der Waals surface area contributed by atoms with Crippen molar-refractivity contribution in [2.45, 2.75) is 26.8 Å². The van der Waals surface area contributed by atoms with Gasteiger partial charge in [0.15, 0.2) is 0 Å². The molecular formula is C16H18N4. The molecule has 0 unspecified atom stereocenters. The number of aryl methyl sites for hydroxylation is 2.